The zero-order chi connectivity index (χ0) is 18.0. The van der Waals surface area contributed by atoms with Crippen LogP contribution >= 0.6 is 0 Å². The molecule has 0 unspecified atom stereocenters. The summed E-state index contributed by atoms with van der Waals surface area (Å²) in [4.78, 5) is 12.7. The van der Waals surface area contributed by atoms with Gasteiger partial charge in [-0.1, -0.05) is 6.07 Å². The van der Waals surface area contributed by atoms with Gasteiger partial charge in [0.2, 0.25) is 0 Å². The molecule has 0 radical (unpaired) electrons. The predicted octanol–water partition coefficient (Wildman–Crippen LogP) is 3.49. The molecule has 25 heavy (non-hydrogen) atoms. The number of ether oxygens (including phenoxy) is 4. The van der Waals surface area contributed by atoms with Gasteiger partial charge in [0, 0.05) is 18.2 Å². The molecule has 0 bridgehead atoms. The zero-order valence-corrected chi connectivity index (χ0v) is 14.4. The van der Waals surface area contributed by atoms with Crippen molar-refractivity contribution < 1.29 is 23.4 Å². The highest BCUT2D eigenvalue weighted by molar-refractivity contribution is 5.87. The lowest BCUT2D eigenvalue weighted by Crippen LogP contribution is -2.04. The van der Waals surface area contributed by atoms with Crippen molar-refractivity contribution in [1.29, 1.82) is 0 Å². The topological polar surface area (TPSA) is 67.1 Å². The largest absolute Gasteiger partial charge is 0.496 e. The van der Waals surface area contributed by atoms with Crippen molar-refractivity contribution >= 4 is 11.0 Å². The number of hydrogen-bond donors (Lipinski definition) is 0. The van der Waals surface area contributed by atoms with E-state index in [-0.39, 0.29) is 5.43 Å². The normalized spacial score (nSPS) is 10.6. The summed E-state index contributed by atoms with van der Waals surface area (Å²) < 4.78 is 27.3. The van der Waals surface area contributed by atoms with Crippen LogP contribution in [0.2, 0.25) is 0 Å². The maximum absolute atomic E-state index is 12.7. The summed E-state index contributed by atoms with van der Waals surface area (Å²) >= 11 is 0. The Morgan fingerprint density at radius 2 is 1.44 bits per heavy atom. The second-order valence-corrected chi connectivity index (χ2v) is 5.22. The van der Waals surface area contributed by atoms with Gasteiger partial charge < -0.3 is 23.4 Å². The van der Waals surface area contributed by atoms with Crippen molar-refractivity contribution in [2.24, 2.45) is 0 Å². The molecule has 0 N–H and O–H groups in total. The highest BCUT2D eigenvalue weighted by atomic mass is 16.5. The molecule has 0 spiro atoms. The first kappa shape index (κ1) is 16.7. The van der Waals surface area contributed by atoms with Crippen LogP contribution in [0.25, 0.3) is 22.3 Å². The number of rotatable bonds is 5. The van der Waals surface area contributed by atoms with Gasteiger partial charge in [0.1, 0.15) is 45.3 Å². The molecule has 0 saturated carbocycles. The molecule has 0 saturated heterocycles. The van der Waals surface area contributed by atoms with Gasteiger partial charge >= 0.3 is 0 Å². The van der Waals surface area contributed by atoms with E-state index in [1.54, 1.807) is 44.6 Å². The second-order valence-electron chi connectivity index (χ2n) is 5.22. The average molecular weight is 342 g/mol. The zero-order valence-electron chi connectivity index (χ0n) is 14.4. The van der Waals surface area contributed by atoms with Crippen molar-refractivity contribution in [3.8, 4) is 34.3 Å². The van der Waals surface area contributed by atoms with E-state index in [1.165, 1.54) is 20.3 Å². The molecule has 1 aromatic heterocycles. The SMILES string of the molecule is COc1cc(OC)c2c(=O)cc(-c3c(OC)cccc3OC)oc2c1. The molecular weight excluding hydrogens is 324 g/mol. The number of hydrogen-bond acceptors (Lipinski definition) is 6. The van der Waals surface area contributed by atoms with Crippen LogP contribution < -0.4 is 24.4 Å². The molecule has 0 atom stereocenters. The quantitative estimate of drug-likeness (QED) is 0.707. The molecule has 6 nitrogen and oxygen atoms in total. The summed E-state index contributed by atoms with van der Waals surface area (Å²) in [6.45, 7) is 0. The minimum Gasteiger partial charge on any atom is -0.496 e. The maximum Gasteiger partial charge on any atom is 0.197 e. The van der Waals surface area contributed by atoms with Gasteiger partial charge in [-0.2, -0.15) is 0 Å². The predicted molar refractivity (Wildman–Crippen MR) is 94.1 cm³/mol. The van der Waals surface area contributed by atoms with Crippen LogP contribution in [0, 0.1) is 0 Å². The Bertz CT molecular complexity index is 951. The smallest absolute Gasteiger partial charge is 0.197 e. The van der Waals surface area contributed by atoms with Crippen molar-refractivity contribution in [3.63, 3.8) is 0 Å². The van der Waals surface area contributed by atoms with E-state index in [0.29, 0.717) is 45.3 Å². The molecule has 130 valence electrons. The van der Waals surface area contributed by atoms with E-state index in [0.717, 1.165) is 0 Å². The first-order valence-corrected chi connectivity index (χ1v) is 7.54. The van der Waals surface area contributed by atoms with Gasteiger partial charge in [-0.15, -0.1) is 0 Å². The Balaban J connectivity index is 2.35. The third kappa shape index (κ3) is 2.87. The molecule has 0 amide bonds. The van der Waals surface area contributed by atoms with Crippen molar-refractivity contribution in [3.05, 3.63) is 46.6 Å². The van der Waals surface area contributed by atoms with Crippen LogP contribution in [0.15, 0.2) is 45.6 Å². The van der Waals surface area contributed by atoms with E-state index in [1.807, 2.05) is 0 Å². The Labute approximate surface area is 144 Å². The summed E-state index contributed by atoms with van der Waals surface area (Å²) in [6.07, 6.45) is 0. The molecule has 2 aromatic carbocycles. The van der Waals surface area contributed by atoms with Gasteiger partial charge in [0.25, 0.3) is 0 Å². The van der Waals surface area contributed by atoms with Crippen molar-refractivity contribution in [2.45, 2.75) is 0 Å². The van der Waals surface area contributed by atoms with E-state index < -0.39 is 0 Å². The molecule has 0 aliphatic rings. The lowest BCUT2D eigenvalue weighted by molar-refractivity contribution is 0.393. The fourth-order valence-corrected chi connectivity index (χ4v) is 2.72. The van der Waals surface area contributed by atoms with Gasteiger partial charge in [-0.05, 0) is 12.1 Å². The van der Waals surface area contributed by atoms with Crippen LogP contribution in [0.4, 0.5) is 0 Å². The number of fused-ring (bicyclic) bond motifs is 1. The van der Waals surface area contributed by atoms with Crippen LogP contribution in [-0.2, 0) is 0 Å². The highest BCUT2D eigenvalue weighted by Gasteiger charge is 2.19. The second kappa shape index (κ2) is 6.76. The number of benzene rings is 2. The summed E-state index contributed by atoms with van der Waals surface area (Å²) in [5.41, 5.74) is 0.684. The van der Waals surface area contributed by atoms with E-state index >= 15 is 0 Å². The van der Waals surface area contributed by atoms with Gasteiger partial charge in [0.15, 0.2) is 5.43 Å². The summed E-state index contributed by atoms with van der Waals surface area (Å²) in [5, 5.41) is 0.348. The van der Waals surface area contributed by atoms with Crippen LogP contribution in [0.3, 0.4) is 0 Å². The van der Waals surface area contributed by atoms with Crippen LogP contribution in [-0.4, -0.2) is 28.4 Å². The molecule has 0 fully saturated rings. The monoisotopic (exact) mass is 342 g/mol. The third-order valence-corrected chi connectivity index (χ3v) is 3.90. The molecule has 6 heteroatoms. The van der Waals surface area contributed by atoms with E-state index in [4.69, 9.17) is 23.4 Å². The Hall–Kier alpha value is -3.15. The number of methoxy groups -OCH3 is 4. The Kier molecular flexibility index (Phi) is 4.52. The van der Waals surface area contributed by atoms with Gasteiger partial charge in [0.05, 0.1) is 28.4 Å². The van der Waals surface area contributed by atoms with Crippen molar-refractivity contribution in [1.82, 2.24) is 0 Å². The standard InChI is InChI=1S/C19H18O6/c1-21-11-8-15(24-4)18-12(20)10-17(25-16(18)9-11)19-13(22-2)6-5-7-14(19)23-3/h5-10H,1-4H3. The molecule has 3 aromatic rings. The fourth-order valence-electron chi connectivity index (χ4n) is 2.72. The summed E-state index contributed by atoms with van der Waals surface area (Å²) in [5.74, 6) is 2.33. The average Bonchev–Trinajstić information content (AvgIpc) is 2.65. The first-order valence-electron chi connectivity index (χ1n) is 7.54. The van der Waals surface area contributed by atoms with Crippen LogP contribution in [0.1, 0.15) is 0 Å². The van der Waals surface area contributed by atoms with E-state index in [9.17, 15) is 4.79 Å². The van der Waals surface area contributed by atoms with Gasteiger partial charge in [-0.25, -0.2) is 0 Å². The Morgan fingerprint density at radius 1 is 0.800 bits per heavy atom. The molecule has 0 aliphatic heterocycles. The Morgan fingerprint density at radius 3 is 2.00 bits per heavy atom. The first-order chi connectivity index (χ1) is 12.1. The third-order valence-electron chi connectivity index (χ3n) is 3.90. The molecule has 0 aliphatic carbocycles. The minimum absolute atomic E-state index is 0.233. The maximum atomic E-state index is 12.7. The lowest BCUT2D eigenvalue weighted by Gasteiger charge is -2.13. The van der Waals surface area contributed by atoms with Crippen molar-refractivity contribution in [2.75, 3.05) is 28.4 Å². The minimum atomic E-state index is -0.233. The van der Waals surface area contributed by atoms with E-state index in [2.05, 4.69) is 0 Å². The summed E-state index contributed by atoms with van der Waals surface area (Å²) in [7, 11) is 6.11. The fraction of sp³-hybridized carbons (Fsp3) is 0.211. The van der Waals surface area contributed by atoms with Crippen LogP contribution in [0.5, 0.6) is 23.0 Å². The molecular formula is C19H18O6. The van der Waals surface area contributed by atoms with Gasteiger partial charge in [-0.3, -0.25) is 4.79 Å². The lowest BCUT2D eigenvalue weighted by atomic mass is 10.1. The summed E-state index contributed by atoms with van der Waals surface area (Å²) in [6, 6.07) is 10.0. The molecule has 1 heterocycles. The highest BCUT2D eigenvalue weighted by Crippen LogP contribution is 2.39. The molecule has 3 rings (SSSR count).